The molecule has 2 aromatic carbocycles. The van der Waals surface area contributed by atoms with Crippen molar-refractivity contribution in [2.75, 3.05) is 46.9 Å². The Morgan fingerprint density at radius 1 is 1.00 bits per heavy atom. The number of methoxy groups -OCH3 is 1. The van der Waals surface area contributed by atoms with Crippen molar-refractivity contribution >= 4 is 17.8 Å². The molecule has 0 atom stereocenters. The summed E-state index contributed by atoms with van der Waals surface area (Å²) in [6.45, 7) is 3.22. The van der Waals surface area contributed by atoms with E-state index in [1.807, 2.05) is 36.2 Å². The number of allylic oxidation sites excluding steroid dienone is 1. The Kier molecular flexibility index (Phi) is 7.03. The van der Waals surface area contributed by atoms with E-state index in [0.29, 0.717) is 17.1 Å². The Labute approximate surface area is 171 Å². The summed E-state index contributed by atoms with van der Waals surface area (Å²) >= 11 is 0. The number of nitrogens with zero attached hydrogens (tertiary/aromatic N) is 2. The zero-order valence-corrected chi connectivity index (χ0v) is 16.8. The van der Waals surface area contributed by atoms with Crippen LogP contribution in [0, 0.1) is 0 Å². The Balaban J connectivity index is 1.53. The molecule has 29 heavy (non-hydrogen) atoms. The summed E-state index contributed by atoms with van der Waals surface area (Å²) in [5.74, 6) is 1.15. The quantitative estimate of drug-likeness (QED) is 0.534. The third-order valence-electron chi connectivity index (χ3n) is 4.91. The van der Waals surface area contributed by atoms with Gasteiger partial charge >= 0.3 is 0 Å². The van der Waals surface area contributed by atoms with Crippen LogP contribution in [-0.4, -0.2) is 68.4 Å². The molecule has 152 valence electrons. The van der Waals surface area contributed by atoms with Crippen LogP contribution in [-0.2, 0) is 4.79 Å². The van der Waals surface area contributed by atoms with Gasteiger partial charge in [-0.1, -0.05) is 18.2 Å². The van der Waals surface area contributed by atoms with Gasteiger partial charge < -0.3 is 19.3 Å². The number of rotatable bonds is 7. The normalized spacial score (nSPS) is 14.8. The zero-order valence-electron chi connectivity index (χ0n) is 16.8. The molecule has 1 aliphatic rings. The smallest absolute Gasteiger partial charge is 0.260 e. The maximum absolute atomic E-state index is 12.4. The average Bonchev–Trinajstić information content (AvgIpc) is 2.76. The van der Waals surface area contributed by atoms with Crippen molar-refractivity contribution < 1.29 is 19.1 Å². The van der Waals surface area contributed by atoms with Gasteiger partial charge in [0.05, 0.1) is 7.11 Å². The molecule has 3 rings (SSSR count). The van der Waals surface area contributed by atoms with Crippen molar-refractivity contribution in [1.82, 2.24) is 9.80 Å². The van der Waals surface area contributed by atoms with Crippen LogP contribution in [0.1, 0.15) is 15.9 Å². The molecule has 0 aliphatic carbocycles. The molecule has 1 fully saturated rings. The number of ether oxygens (including phenoxy) is 2. The summed E-state index contributed by atoms with van der Waals surface area (Å²) < 4.78 is 10.9. The van der Waals surface area contributed by atoms with E-state index in [4.69, 9.17) is 9.47 Å². The second-order valence-corrected chi connectivity index (χ2v) is 6.94. The number of hydrogen-bond acceptors (Lipinski definition) is 5. The summed E-state index contributed by atoms with van der Waals surface area (Å²) in [6, 6.07) is 14.3. The third kappa shape index (κ3) is 5.68. The molecule has 0 unspecified atom stereocenters. The van der Waals surface area contributed by atoms with Crippen LogP contribution < -0.4 is 9.47 Å². The molecule has 2 aromatic rings. The van der Waals surface area contributed by atoms with E-state index in [1.165, 1.54) is 6.08 Å². The minimum absolute atomic E-state index is 0.00467. The number of piperazine rings is 1. The molecule has 0 saturated carbocycles. The Morgan fingerprint density at radius 2 is 1.69 bits per heavy atom. The first-order chi connectivity index (χ1) is 14.1. The van der Waals surface area contributed by atoms with Crippen LogP contribution in [0.2, 0.25) is 0 Å². The van der Waals surface area contributed by atoms with Gasteiger partial charge in [0, 0.05) is 37.3 Å². The molecule has 1 heterocycles. The average molecular weight is 394 g/mol. The third-order valence-corrected chi connectivity index (χ3v) is 4.91. The van der Waals surface area contributed by atoms with E-state index in [9.17, 15) is 9.59 Å². The molecule has 0 N–H and O–H groups in total. The predicted molar refractivity (Wildman–Crippen MR) is 112 cm³/mol. The lowest BCUT2D eigenvalue weighted by atomic mass is 10.1. The lowest BCUT2D eigenvalue weighted by molar-refractivity contribution is -0.134. The highest BCUT2D eigenvalue weighted by Crippen LogP contribution is 2.19. The number of para-hydroxylation sites is 1. The summed E-state index contributed by atoms with van der Waals surface area (Å²) in [4.78, 5) is 28.6. The predicted octanol–water partition coefficient (Wildman–Crippen LogP) is 2.74. The monoisotopic (exact) mass is 394 g/mol. The van der Waals surface area contributed by atoms with E-state index in [0.717, 1.165) is 31.7 Å². The van der Waals surface area contributed by atoms with Gasteiger partial charge in [0.25, 0.3) is 5.91 Å². The SMILES string of the molecule is COc1ccccc1/C=C/C(=O)c1ccc(OCC(=O)N2CCN(C)CC2)cc1. The van der Waals surface area contributed by atoms with Crippen LogP contribution in [0.15, 0.2) is 54.6 Å². The summed E-state index contributed by atoms with van der Waals surface area (Å²) in [6.07, 6.45) is 3.25. The summed E-state index contributed by atoms with van der Waals surface area (Å²) in [5.41, 5.74) is 1.39. The standard InChI is InChI=1S/C23H26N2O4/c1-24-13-15-25(16-14-24)23(27)17-29-20-10-7-18(8-11-20)21(26)12-9-19-5-3-4-6-22(19)28-2/h3-12H,13-17H2,1-2H3/b12-9+. The van der Waals surface area contributed by atoms with Crippen LogP contribution in [0.3, 0.4) is 0 Å². The van der Waals surface area contributed by atoms with Gasteiger partial charge in [-0.15, -0.1) is 0 Å². The van der Waals surface area contributed by atoms with Crippen molar-refractivity contribution in [3.63, 3.8) is 0 Å². The molecule has 1 aliphatic heterocycles. The number of likely N-dealkylation sites (N-methyl/N-ethyl adjacent to an activating group) is 1. The first-order valence-corrected chi connectivity index (χ1v) is 9.61. The number of hydrogen-bond donors (Lipinski definition) is 0. The highest BCUT2D eigenvalue weighted by molar-refractivity contribution is 6.07. The number of ketones is 1. The van der Waals surface area contributed by atoms with Gasteiger partial charge in [-0.2, -0.15) is 0 Å². The van der Waals surface area contributed by atoms with Gasteiger partial charge in [0.1, 0.15) is 11.5 Å². The minimum Gasteiger partial charge on any atom is -0.496 e. The number of benzene rings is 2. The highest BCUT2D eigenvalue weighted by atomic mass is 16.5. The molecule has 0 bridgehead atoms. The molecule has 1 amide bonds. The molecular formula is C23H26N2O4. The van der Waals surface area contributed by atoms with Crippen LogP contribution in [0.5, 0.6) is 11.5 Å². The largest absolute Gasteiger partial charge is 0.496 e. The first-order valence-electron chi connectivity index (χ1n) is 9.61. The van der Waals surface area contributed by atoms with E-state index < -0.39 is 0 Å². The first kappa shape index (κ1) is 20.6. The zero-order chi connectivity index (χ0) is 20.6. The van der Waals surface area contributed by atoms with Crippen LogP contribution in [0.4, 0.5) is 0 Å². The van der Waals surface area contributed by atoms with Gasteiger partial charge in [-0.05, 0) is 49.5 Å². The molecule has 6 nitrogen and oxygen atoms in total. The van der Waals surface area contributed by atoms with Gasteiger partial charge in [0.2, 0.25) is 0 Å². The molecule has 0 spiro atoms. The molecule has 1 saturated heterocycles. The Bertz CT molecular complexity index is 869. The van der Waals surface area contributed by atoms with Gasteiger partial charge in [-0.25, -0.2) is 0 Å². The molecular weight excluding hydrogens is 368 g/mol. The minimum atomic E-state index is -0.115. The number of amides is 1. The lowest BCUT2D eigenvalue weighted by Gasteiger charge is -2.32. The maximum Gasteiger partial charge on any atom is 0.260 e. The van der Waals surface area contributed by atoms with Crippen molar-refractivity contribution in [3.8, 4) is 11.5 Å². The van der Waals surface area contributed by atoms with Gasteiger partial charge in [-0.3, -0.25) is 9.59 Å². The van der Waals surface area contributed by atoms with E-state index >= 15 is 0 Å². The van der Waals surface area contributed by atoms with Crippen molar-refractivity contribution in [1.29, 1.82) is 0 Å². The molecule has 0 radical (unpaired) electrons. The molecule has 6 heteroatoms. The molecule has 0 aromatic heterocycles. The van der Waals surface area contributed by atoms with Crippen LogP contribution in [0.25, 0.3) is 6.08 Å². The summed E-state index contributed by atoms with van der Waals surface area (Å²) in [7, 11) is 3.65. The van der Waals surface area contributed by atoms with Gasteiger partial charge in [0.15, 0.2) is 12.4 Å². The fourth-order valence-corrected chi connectivity index (χ4v) is 3.07. The Hall–Kier alpha value is -3.12. The lowest BCUT2D eigenvalue weighted by Crippen LogP contribution is -2.48. The van der Waals surface area contributed by atoms with Crippen molar-refractivity contribution in [2.45, 2.75) is 0 Å². The number of carbonyl (C=O) groups excluding carboxylic acids is 2. The van der Waals surface area contributed by atoms with E-state index in [2.05, 4.69) is 4.90 Å². The maximum atomic E-state index is 12.4. The second-order valence-electron chi connectivity index (χ2n) is 6.94. The van der Waals surface area contributed by atoms with E-state index in [1.54, 1.807) is 37.5 Å². The van der Waals surface area contributed by atoms with Crippen LogP contribution >= 0.6 is 0 Å². The fourth-order valence-electron chi connectivity index (χ4n) is 3.07. The van der Waals surface area contributed by atoms with E-state index in [-0.39, 0.29) is 18.3 Å². The Morgan fingerprint density at radius 3 is 2.38 bits per heavy atom. The topological polar surface area (TPSA) is 59.1 Å². The highest BCUT2D eigenvalue weighted by Gasteiger charge is 2.19. The number of carbonyl (C=O) groups is 2. The van der Waals surface area contributed by atoms with Crippen molar-refractivity contribution in [2.24, 2.45) is 0 Å². The second kappa shape index (κ2) is 9.89. The summed E-state index contributed by atoms with van der Waals surface area (Å²) in [5, 5.41) is 0. The fraction of sp³-hybridized carbons (Fsp3) is 0.304. The van der Waals surface area contributed by atoms with Crippen molar-refractivity contribution in [3.05, 3.63) is 65.7 Å².